The van der Waals surface area contributed by atoms with E-state index in [9.17, 15) is 0 Å². The molecule has 0 saturated heterocycles. The third kappa shape index (κ3) is 3.06. The lowest BCUT2D eigenvalue weighted by molar-refractivity contribution is 0.959. The van der Waals surface area contributed by atoms with Gasteiger partial charge in [-0.05, 0) is 43.2 Å². The zero-order valence-corrected chi connectivity index (χ0v) is 10.4. The summed E-state index contributed by atoms with van der Waals surface area (Å²) in [5.74, 6) is 0. The van der Waals surface area contributed by atoms with Crippen LogP contribution in [0.15, 0.2) is 42.6 Å². The van der Waals surface area contributed by atoms with Crippen LogP contribution in [-0.4, -0.2) is 11.5 Å². The molecular weight excluding hydrogens is 208 g/mol. The predicted octanol–water partition coefficient (Wildman–Crippen LogP) is 3.35. The van der Waals surface area contributed by atoms with Crippen LogP contribution in [0.3, 0.4) is 0 Å². The smallest absolute Gasteiger partial charge is 0.0421 e. The van der Waals surface area contributed by atoms with Gasteiger partial charge in [-0.15, -0.1) is 0 Å². The van der Waals surface area contributed by atoms with Crippen LogP contribution < -0.4 is 5.32 Å². The first-order valence-corrected chi connectivity index (χ1v) is 5.97. The lowest BCUT2D eigenvalue weighted by atomic mass is 10.1. The molecule has 1 N–H and O–H groups in total. The van der Waals surface area contributed by atoms with Crippen molar-refractivity contribution in [2.75, 3.05) is 11.9 Å². The van der Waals surface area contributed by atoms with E-state index in [1.807, 2.05) is 18.3 Å². The molecule has 1 aromatic heterocycles. The number of benzene rings is 1. The van der Waals surface area contributed by atoms with Gasteiger partial charge in [-0.1, -0.05) is 18.2 Å². The van der Waals surface area contributed by atoms with Gasteiger partial charge in [0.15, 0.2) is 0 Å². The van der Waals surface area contributed by atoms with Crippen molar-refractivity contribution in [2.45, 2.75) is 20.3 Å². The fourth-order valence-corrected chi connectivity index (χ4v) is 1.81. The van der Waals surface area contributed by atoms with Crippen LogP contribution in [-0.2, 0) is 6.42 Å². The first-order chi connectivity index (χ1) is 8.27. The SMILES string of the molecule is Cc1cccc(NCCc2ccccn2)c1C. The van der Waals surface area contributed by atoms with E-state index in [-0.39, 0.29) is 0 Å². The average Bonchev–Trinajstić information content (AvgIpc) is 2.36. The summed E-state index contributed by atoms with van der Waals surface area (Å²) in [6.45, 7) is 5.21. The topological polar surface area (TPSA) is 24.9 Å². The number of rotatable bonds is 4. The molecule has 2 nitrogen and oxygen atoms in total. The highest BCUT2D eigenvalue weighted by molar-refractivity contribution is 5.53. The van der Waals surface area contributed by atoms with Crippen LogP contribution in [0.1, 0.15) is 16.8 Å². The van der Waals surface area contributed by atoms with Crippen LogP contribution in [0.5, 0.6) is 0 Å². The van der Waals surface area contributed by atoms with Crippen LogP contribution in [0.2, 0.25) is 0 Å². The predicted molar refractivity (Wildman–Crippen MR) is 72.3 cm³/mol. The molecule has 17 heavy (non-hydrogen) atoms. The van der Waals surface area contributed by atoms with Crippen molar-refractivity contribution in [3.05, 3.63) is 59.4 Å². The molecule has 0 saturated carbocycles. The van der Waals surface area contributed by atoms with E-state index in [0.717, 1.165) is 18.7 Å². The van der Waals surface area contributed by atoms with E-state index in [1.54, 1.807) is 0 Å². The van der Waals surface area contributed by atoms with Gasteiger partial charge >= 0.3 is 0 Å². The maximum atomic E-state index is 4.31. The van der Waals surface area contributed by atoms with Crippen molar-refractivity contribution in [1.82, 2.24) is 4.98 Å². The Kier molecular flexibility index (Phi) is 3.76. The van der Waals surface area contributed by atoms with Gasteiger partial charge in [0.2, 0.25) is 0 Å². The molecule has 2 rings (SSSR count). The van der Waals surface area contributed by atoms with Crippen LogP contribution in [0.25, 0.3) is 0 Å². The molecule has 0 aliphatic heterocycles. The Morgan fingerprint density at radius 1 is 1.06 bits per heavy atom. The molecule has 2 heteroatoms. The molecule has 2 aromatic rings. The number of anilines is 1. The zero-order valence-electron chi connectivity index (χ0n) is 10.4. The Labute approximate surface area is 103 Å². The third-order valence-electron chi connectivity index (χ3n) is 3.03. The number of hydrogen-bond acceptors (Lipinski definition) is 2. The third-order valence-corrected chi connectivity index (χ3v) is 3.03. The van der Waals surface area contributed by atoms with E-state index >= 15 is 0 Å². The summed E-state index contributed by atoms with van der Waals surface area (Å²) in [5, 5.41) is 3.46. The molecule has 1 heterocycles. The van der Waals surface area contributed by atoms with E-state index in [4.69, 9.17) is 0 Å². The highest BCUT2D eigenvalue weighted by atomic mass is 14.9. The largest absolute Gasteiger partial charge is 0.384 e. The molecule has 0 radical (unpaired) electrons. The number of hydrogen-bond donors (Lipinski definition) is 1. The van der Waals surface area contributed by atoms with Gasteiger partial charge in [0.05, 0.1) is 0 Å². The quantitative estimate of drug-likeness (QED) is 0.864. The molecule has 0 amide bonds. The molecule has 0 aliphatic carbocycles. The Balaban J connectivity index is 1.93. The van der Waals surface area contributed by atoms with Crippen LogP contribution in [0.4, 0.5) is 5.69 Å². The van der Waals surface area contributed by atoms with Crippen LogP contribution in [0, 0.1) is 13.8 Å². The molecule has 88 valence electrons. The Morgan fingerprint density at radius 3 is 2.71 bits per heavy atom. The van der Waals surface area contributed by atoms with Crippen molar-refractivity contribution in [1.29, 1.82) is 0 Å². The maximum absolute atomic E-state index is 4.31. The van der Waals surface area contributed by atoms with Crippen molar-refractivity contribution in [3.8, 4) is 0 Å². The Bertz CT molecular complexity index is 478. The van der Waals surface area contributed by atoms with Gasteiger partial charge in [0.25, 0.3) is 0 Å². The first kappa shape index (κ1) is 11.6. The van der Waals surface area contributed by atoms with Crippen molar-refractivity contribution < 1.29 is 0 Å². The van der Waals surface area contributed by atoms with E-state index in [1.165, 1.54) is 16.8 Å². The fraction of sp³-hybridized carbons (Fsp3) is 0.267. The van der Waals surface area contributed by atoms with Crippen molar-refractivity contribution in [3.63, 3.8) is 0 Å². The second-order valence-corrected chi connectivity index (χ2v) is 4.25. The zero-order chi connectivity index (χ0) is 12.1. The molecule has 1 aromatic carbocycles. The van der Waals surface area contributed by atoms with Crippen LogP contribution >= 0.6 is 0 Å². The minimum Gasteiger partial charge on any atom is -0.384 e. The summed E-state index contributed by atoms with van der Waals surface area (Å²) in [4.78, 5) is 4.31. The number of pyridine rings is 1. The second-order valence-electron chi connectivity index (χ2n) is 4.25. The molecule has 0 spiro atoms. The highest BCUT2D eigenvalue weighted by Crippen LogP contribution is 2.17. The maximum Gasteiger partial charge on any atom is 0.0421 e. The van der Waals surface area contributed by atoms with Gasteiger partial charge in [-0.25, -0.2) is 0 Å². The summed E-state index contributed by atoms with van der Waals surface area (Å²) >= 11 is 0. The fourth-order valence-electron chi connectivity index (χ4n) is 1.81. The van der Waals surface area contributed by atoms with Gasteiger partial charge in [0.1, 0.15) is 0 Å². The summed E-state index contributed by atoms with van der Waals surface area (Å²) < 4.78 is 0. The molecule has 0 fully saturated rings. The van der Waals surface area contributed by atoms with Crippen molar-refractivity contribution in [2.24, 2.45) is 0 Å². The number of nitrogens with zero attached hydrogens (tertiary/aromatic N) is 1. The summed E-state index contributed by atoms with van der Waals surface area (Å²) in [7, 11) is 0. The average molecular weight is 226 g/mol. The molecule has 0 atom stereocenters. The molecular formula is C15H18N2. The molecule has 0 aliphatic rings. The summed E-state index contributed by atoms with van der Waals surface area (Å²) in [6.07, 6.45) is 2.79. The van der Waals surface area contributed by atoms with Gasteiger partial charge < -0.3 is 5.32 Å². The van der Waals surface area contributed by atoms with E-state index in [2.05, 4.69) is 48.4 Å². The minimum absolute atomic E-state index is 0.918. The van der Waals surface area contributed by atoms with Gasteiger partial charge in [0, 0.05) is 30.5 Å². The van der Waals surface area contributed by atoms with E-state index < -0.39 is 0 Å². The summed E-state index contributed by atoms with van der Waals surface area (Å²) in [5.41, 5.74) is 5.01. The van der Waals surface area contributed by atoms with E-state index in [0.29, 0.717) is 0 Å². The number of aromatic nitrogens is 1. The first-order valence-electron chi connectivity index (χ1n) is 5.97. The summed E-state index contributed by atoms with van der Waals surface area (Å²) in [6, 6.07) is 12.4. The monoisotopic (exact) mass is 226 g/mol. The second kappa shape index (κ2) is 5.48. The lowest BCUT2D eigenvalue weighted by Crippen LogP contribution is -2.07. The lowest BCUT2D eigenvalue weighted by Gasteiger charge is -2.11. The normalized spacial score (nSPS) is 10.2. The van der Waals surface area contributed by atoms with Gasteiger partial charge in [-0.2, -0.15) is 0 Å². The van der Waals surface area contributed by atoms with Gasteiger partial charge in [-0.3, -0.25) is 4.98 Å². The highest BCUT2D eigenvalue weighted by Gasteiger charge is 1.99. The minimum atomic E-state index is 0.918. The number of aryl methyl sites for hydroxylation is 1. The standard InChI is InChI=1S/C15H18N2/c1-12-6-5-8-15(13(12)2)17-11-9-14-7-3-4-10-16-14/h3-8,10,17H,9,11H2,1-2H3. The van der Waals surface area contributed by atoms with Crippen molar-refractivity contribution >= 4 is 5.69 Å². The molecule has 0 unspecified atom stereocenters. The number of nitrogens with one attached hydrogen (secondary N) is 1. The molecule has 0 bridgehead atoms. The Hall–Kier alpha value is -1.83. The Morgan fingerprint density at radius 2 is 1.94 bits per heavy atom.